The highest BCUT2D eigenvalue weighted by molar-refractivity contribution is 5.86. The Morgan fingerprint density at radius 1 is 0.710 bits per heavy atom. The van der Waals surface area contributed by atoms with Gasteiger partial charge in [0.05, 0.1) is 0 Å². The second-order valence-electron chi connectivity index (χ2n) is 13.0. The molecule has 0 fully saturated rings. The summed E-state index contributed by atoms with van der Waals surface area (Å²) in [5.41, 5.74) is 11.6. The summed E-state index contributed by atoms with van der Waals surface area (Å²) < 4.78 is 0. The smallest absolute Gasteiger partial charge is 0.0164 e. The van der Waals surface area contributed by atoms with Crippen LogP contribution < -0.4 is 0 Å². The van der Waals surface area contributed by atoms with Gasteiger partial charge < -0.3 is 0 Å². The van der Waals surface area contributed by atoms with E-state index in [4.69, 9.17) is 0 Å². The molecule has 0 bridgehead atoms. The van der Waals surface area contributed by atoms with Crippen molar-refractivity contribution in [2.45, 2.75) is 98.8 Å². The summed E-state index contributed by atoms with van der Waals surface area (Å²) in [6, 6.07) is 12.0. The van der Waals surface area contributed by atoms with Gasteiger partial charge in [-0.15, -0.1) is 0 Å². The van der Waals surface area contributed by atoms with Crippen molar-refractivity contribution in [3.63, 3.8) is 0 Å². The third kappa shape index (κ3) is 5.16. The van der Waals surface area contributed by atoms with E-state index < -0.39 is 0 Å². The third-order valence-corrected chi connectivity index (χ3v) is 6.36. The van der Waals surface area contributed by atoms with E-state index >= 15 is 0 Å². The normalized spacial score (nSPS) is 14.8. The maximum Gasteiger partial charge on any atom is 0.0164 e. The number of hydrogen-bond acceptors (Lipinski definition) is 0. The van der Waals surface area contributed by atoms with E-state index in [1.165, 1.54) is 44.5 Å². The van der Waals surface area contributed by atoms with Gasteiger partial charge in [0.1, 0.15) is 0 Å². The molecule has 1 aliphatic rings. The van der Waals surface area contributed by atoms with Crippen LogP contribution in [-0.2, 0) is 16.2 Å². The largest absolute Gasteiger partial charge is 0.0625 e. The van der Waals surface area contributed by atoms with Crippen molar-refractivity contribution in [1.82, 2.24) is 0 Å². The van der Waals surface area contributed by atoms with Gasteiger partial charge in [-0.25, -0.2) is 0 Å². The van der Waals surface area contributed by atoms with Gasteiger partial charge in [0.25, 0.3) is 0 Å². The Labute approximate surface area is 192 Å². The van der Waals surface area contributed by atoms with Crippen LogP contribution in [0, 0.1) is 12.3 Å². The van der Waals surface area contributed by atoms with Gasteiger partial charge in [-0.3, -0.25) is 0 Å². The second kappa shape index (κ2) is 7.95. The Morgan fingerprint density at radius 3 is 1.71 bits per heavy atom. The van der Waals surface area contributed by atoms with E-state index in [0.29, 0.717) is 5.92 Å². The molecule has 2 aromatic carbocycles. The zero-order chi connectivity index (χ0) is 23.4. The van der Waals surface area contributed by atoms with Crippen LogP contribution in [0.5, 0.6) is 0 Å². The SMILES string of the molecule is CC(C)CC1=Cc2c(ccc(C(C)(C)C)c2-c2cc(C(C)(C)C)cc(C(C)(C)C)c2)[CH]1. The first-order valence-electron chi connectivity index (χ1n) is 12.0. The van der Waals surface area contributed by atoms with Crippen molar-refractivity contribution in [2.24, 2.45) is 5.92 Å². The molecule has 0 saturated carbocycles. The first-order valence-corrected chi connectivity index (χ1v) is 12.0. The third-order valence-electron chi connectivity index (χ3n) is 6.36. The number of rotatable bonds is 3. The van der Waals surface area contributed by atoms with Gasteiger partial charge in [0.15, 0.2) is 0 Å². The predicted molar refractivity (Wildman–Crippen MR) is 139 cm³/mol. The minimum absolute atomic E-state index is 0.0820. The lowest BCUT2D eigenvalue weighted by Crippen LogP contribution is -2.18. The fraction of sp³-hybridized carbons (Fsp3) is 0.516. The Kier molecular flexibility index (Phi) is 6.11. The summed E-state index contributed by atoms with van der Waals surface area (Å²) in [5.74, 6) is 0.666. The van der Waals surface area contributed by atoms with Gasteiger partial charge in [-0.05, 0) is 67.5 Å². The van der Waals surface area contributed by atoms with E-state index in [1.54, 1.807) is 0 Å². The monoisotopic (exact) mass is 415 g/mol. The molecule has 0 aliphatic heterocycles. The van der Waals surface area contributed by atoms with Gasteiger partial charge in [-0.2, -0.15) is 0 Å². The van der Waals surface area contributed by atoms with Crippen molar-refractivity contribution >= 4 is 6.08 Å². The molecule has 167 valence electrons. The van der Waals surface area contributed by atoms with E-state index in [1.807, 2.05) is 0 Å². The summed E-state index contributed by atoms with van der Waals surface area (Å²) in [7, 11) is 0. The average Bonchev–Trinajstić information content (AvgIpc) is 2.99. The van der Waals surface area contributed by atoms with Gasteiger partial charge in [0.2, 0.25) is 0 Å². The number of allylic oxidation sites excluding steroid dienone is 1. The Morgan fingerprint density at radius 2 is 1.26 bits per heavy atom. The molecule has 0 amide bonds. The van der Waals surface area contributed by atoms with Crippen LogP contribution in [0.3, 0.4) is 0 Å². The van der Waals surface area contributed by atoms with Crippen molar-refractivity contribution in [3.8, 4) is 11.1 Å². The molecular weight excluding hydrogens is 372 g/mol. The minimum Gasteiger partial charge on any atom is -0.0625 e. The van der Waals surface area contributed by atoms with Crippen LogP contribution in [0.2, 0.25) is 0 Å². The van der Waals surface area contributed by atoms with Crippen LogP contribution >= 0.6 is 0 Å². The highest BCUT2D eigenvalue weighted by Gasteiger charge is 2.28. The van der Waals surface area contributed by atoms with Crippen molar-refractivity contribution in [1.29, 1.82) is 0 Å². The van der Waals surface area contributed by atoms with Crippen LogP contribution in [0.15, 0.2) is 35.9 Å². The van der Waals surface area contributed by atoms with Crippen LogP contribution in [0.1, 0.15) is 110 Å². The molecule has 0 heterocycles. The van der Waals surface area contributed by atoms with Gasteiger partial charge in [-0.1, -0.05) is 118 Å². The molecule has 0 N–H and O–H groups in total. The predicted octanol–water partition coefficient (Wildman–Crippen LogP) is 9.24. The average molecular weight is 416 g/mol. The summed E-state index contributed by atoms with van der Waals surface area (Å²) in [6.07, 6.45) is 6.00. The summed E-state index contributed by atoms with van der Waals surface area (Å²) in [5, 5.41) is 0. The van der Waals surface area contributed by atoms with Gasteiger partial charge in [0, 0.05) is 6.42 Å². The molecule has 0 heteroatoms. The van der Waals surface area contributed by atoms with E-state index in [9.17, 15) is 0 Å². The fourth-order valence-electron chi connectivity index (χ4n) is 4.51. The molecule has 1 aliphatic carbocycles. The number of benzene rings is 2. The molecule has 0 aromatic heterocycles. The number of hydrogen-bond donors (Lipinski definition) is 0. The second-order valence-corrected chi connectivity index (χ2v) is 13.0. The Balaban J connectivity index is 2.35. The summed E-state index contributed by atoms with van der Waals surface area (Å²) in [4.78, 5) is 0. The Hall–Kier alpha value is -1.82. The van der Waals surface area contributed by atoms with E-state index in [-0.39, 0.29) is 16.2 Å². The molecule has 0 unspecified atom stereocenters. The van der Waals surface area contributed by atoms with Crippen LogP contribution in [0.4, 0.5) is 0 Å². The molecule has 0 spiro atoms. The van der Waals surface area contributed by atoms with E-state index in [0.717, 1.165) is 6.42 Å². The highest BCUT2D eigenvalue weighted by Crippen LogP contribution is 2.44. The number of fused-ring (bicyclic) bond motifs is 1. The quantitative estimate of drug-likeness (QED) is 0.468. The standard InChI is InChI=1S/C31H43/c1-20(2)14-21-15-22-12-13-27(31(9,10)11)28(26(22)16-21)23-17-24(29(3,4)5)19-25(18-23)30(6,7)8/h12-13,15-20H,14H2,1-11H3. The minimum atomic E-state index is 0.0820. The Bertz CT molecular complexity index is 960. The van der Waals surface area contributed by atoms with Gasteiger partial charge >= 0.3 is 0 Å². The van der Waals surface area contributed by atoms with Crippen LogP contribution in [0.25, 0.3) is 17.2 Å². The lowest BCUT2D eigenvalue weighted by atomic mass is 9.75. The molecule has 2 aromatic rings. The maximum absolute atomic E-state index is 2.46. The van der Waals surface area contributed by atoms with Crippen LogP contribution in [-0.4, -0.2) is 0 Å². The molecule has 0 saturated heterocycles. The molecule has 1 radical (unpaired) electrons. The first-order chi connectivity index (χ1) is 14.1. The topological polar surface area (TPSA) is 0 Å². The zero-order valence-electron chi connectivity index (χ0n) is 21.8. The van der Waals surface area contributed by atoms with Crippen molar-refractivity contribution in [2.75, 3.05) is 0 Å². The fourth-order valence-corrected chi connectivity index (χ4v) is 4.51. The van der Waals surface area contributed by atoms with E-state index in [2.05, 4.69) is 119 Å². The highest BCUT2D eigenvalue weighted by atomic mass is 14.3. The molecular formula is C31H43. The molecule has 0 nitrogen and oxygen atoms in total. The van der Waals surface area contributed by atoms with Crippen molar-refractivity contribution < 1.29 is 0 Å². The molecule has 31 heavy (non-hydrogen) atoms. The first kappa shape index (κ1) is 23.8. The zero-order valence-corrected chi connectivity index (χ0v) is 21.8. The lowest BCUT2D eigenvalue weighted by Gasteiger charge is -2.29. The maximum atomic E-state index is 2.46. The van der Waals surface area contributed by atoms with Crippen molar-refractivity contribution in [3.05, 3.63) is 70.1 Å². The summed E-state index contributed by atoms with van der Waals surface area (Å²) in [6.45, 7) is 25.6. The summed E-state index contributed by atoms with van der Waals surface area (Å²) >= 11 is 0. The molecule has 3 rings (SSSR count). The lowest BCUT2D eigenvalue weighted by molar-refractivity contribution is 0.568. The molecule has 0 atom stereocenters.